The number of aryl methyl sites for hydroxylation is 4. The van der Waals surface area contributed by atoms with Gasteiger partial charge in [0.05, 0.1) is 0 Å². The van der Waals surface area contributed by atoms with Crippen molar-refractivity contribution in [2.24, 2.45) is 0 Å². The first kappa shape index (κ1) is 29.9. The third-order valence-corrected chi connectivity index (χ3v) is 6.00. The number of amides is 3. The Labute approximate surface area is 230 Å². The summed E-state index contributed by atoms with van der Waals surface area (Å²) >= 11 is 0. The Morgan fingerprint density at radius 2 is 1.77 bits per heavy atom. The zero-order chi connectivity index (χ0) is 29.6. The lowest BCUT2D eigenvalue weighted by Gasteiger charge is -2.13. The summed E-state index contributed by atoms with van der Waals surface area (Å²) in [5.74, 6) is -4.21. The van der Waals surface area contributed by atoms with Crippen LogP contribution in [0.15, 0.2) is 47.3 Å². The predicted octanol–water partition coefficient (Wildman–Crippen LogP) is 4.50. The number of aromatic nitrogens is 2. The number of rotatable bonds is 11. The summed E-state index contributed by atoms with van der Waals surface area (Å²) in [5.41, 5.74) is 2.14. The standard InChI is InChI=1S/C28H31F2N5O5/c1-15-7-8-21(12-16(15)2)39-14-22(36)33-18(4)9-10-31-27(38)24-23(19(5)40-35-24)26(37)34-25-17(3)11-20(13-32-25)28(6,29)30/h7-8,11-13H,4,9-10,14H2,1-3,5-6H3,(H,31,38)(H,33,36)(H,32,34,37). The molecule has 0 saturated carbocycles. The maximum Gasteiger partial charge on any atom is 0.274 e. The molecular formula is C28H31F2N5O5. The second-order valence-corrected chi connectivity index (χ2v) is 9.39. The molecule has 3 N–H and O–H groups in total. The lowest BCUT2D eigenvalue weighted by atomic mass is 10.1. The zero-order valence-electron chi connectivity index (χ0n) is 22.9. The first-order valence-corrected chi connectivity index (χ1v) is 12.3. The van der Waals surface area contributed by atoms with Gasteiger partial charge in [-0.05, 0) is 62.6 Å². The highest BCUT2D eigenvalue weighted by Crippen LogP contribution is 2.28. The number of benzene rings is 1. The fraction of sp³-hybridized carbons (Fsp3) is 0.321. The van der Waals surface area contributed by atoms with Gasteiger partial charge in [-0.2, -0.15) is 0 Å². The highest BCUT2D eigenvalue weighted by Gasteiger charge is 2.28. The van der Waals surface area contributed by atoms with Crippen LogP contribution in [0.25, 0.3) is 0 Å². The minimum absolute atomic E-state index is 0.0542. The van der Waals surface area contributed by atoms with Crippen molar-refractivity contribution in [3.8, 4) is 5.75 Å². The van der Waals surface area contributed by atoms with E-state index in [1.165, 1.54) is 19.9 Å². The second kappa shape index (κ2) is 12.5. The van der Waals surface area contributed by atoms with Gasteiger partial charge >= 0.3 is 0 Å². The van der Waals surface area contributed by atoms with Crippen LogP contribution in [0.1, 0.15) is 62.2 Å². The highest BCUT2D eigenvalue weighted by atomic mass is 19.3. The summed E-state index contributed by atoms with van der Waals surface area (Å²) < 4.78 is 37.7. The number of hydrogen-bond donors (Lipinski definition) is 3. The molecule has 0 saturated heterocycles. The molecular weight excluding hydrogens is 524 g/mol. The summed E-state index contributed by atoms with van der Waals surface area (Å²) in [7, 11) is 0. The van der Waals surface area contributed by atoms with Gasteiger partial charge in [-0.15, -0.1) is 0 Å². The van der Waals surface area contributed by atoms with Crippen molar-refractivity contribution in [1.29, 1.82) is 0 Å². The maximum atomic E-state index is 13.6. The summed E-state index contributed by atoms with van der Waals surface area (Å²) in [6, 6.07) is 6.74. The third kappa shape index (κ3) is 7.71. The van der Waals surface area contributed by atoms with Crippen molar-refractivity contribution in [3.63, 3.8) is 0 Å². The fourth-order valence-electron chi connectivity index (χ4n) is 3.57. The van der Waals surface area contributed by atoms with Crippen LogP contribution in [0, 0.1) is 27.7 Å². The molecule has 3 amide bonds. The van der Waals surface area contributed by atoms with Crippen LogP contribution in [0.4, 0.5) is 14.6 Å². The van der Waals surface area contributed by atoms with E-state index < -0.39 is 23.6 Å². The minimum Gasteiger partial charge on any atom is -0.484 e. The monoisotopic (exact) mass is 555 g/mol. The molecule has 0 aliphatic heterocycles. The Balaban J connectivity index is 1.52. The van der Waals surface area contributed by atoms with E-state index in [9.17, 15) is 23.2 Å². The van der Waals surface area contributed by atoms with E-state index in [2.05, 4.69) is 32.7 Å². The highest BCUT2D eigenvalue weighted by molar-refractivity contribution is 6.11. The molecule has 2 heterocycles. The molecule has 12 heteroatoms. The molecule has 0 aliphatic carbocycles. The van der Waals surface area contributed by atoms with Crippen LogP contribution in [0.2, 0.25) is 0 Å². The molecule has 3 aromatic rings. The molecule has 0 atom stereocenters. The van der Waals surface area contributed by atoms with Gasteiger partial charge in [-0.1, -0.05) is 17.8 Å². The van der Waals surface area contributed by atoms with Crippen molar-refractivity contribution in [3.05, 3.63) is 82.0 Å². The average molecular weight is 556 g/mol. The molecule has 40 heavy (non-hydrogen) atoms. The van der Waals surface area contributed by atoms with Gasteiger partial charge in [0.2, 0.25) is 0 Å². The number of pyridine rings is 1. The Hall–Kier alpha value is -4.61. The van der Waals surface area contributed by atoms with Crippen LogP contribution in [-0.4, -0.2) is 41.0 Å². The van der Waals surface area contributed by atoms with Crippen LogP contribution >= 0.6 is 0 Å². The van der Waals surface area contributed by atoms with Gasteiger partial charge in [0.25, 0.3) is 23.6 Å². The molecule has 2 aromatic heterocycles. The molecule has 0 fully saturated rings. The number of halogens is 2. The van der Waals surface area contributed by atoms with Gasteiger partial charge in [-0.25, -0.2) is 13.8 Å². The number of alkyl halides is 2. The van der Waals surface area contributed by atoms with Crippen molar-refractivity contribution in [2.45, 2.75) is 47.0 Å². The largest absolute Gasteiger partial charge is 0.484 e. The number of anilines is 1. The summed E-state index contributed by atoms with van der Waals surface area (Å²) in [6.45, 7) is 11.3. The molecule has 10 nitrogen and oxygen atoms in total. The molecule has 0 radical (unpaired) electrons. The first-order valence-electron chi connectivity index (χ1n) is 12.3. The van der Waals surface area contributed by atoms with E-state index >= 15 is 0 Å². The Kier molecular flexibility index (Phi) is 9.35. The molecule has 0 unspecified atom stereocenters. The molecule has 0 spiro atoms. The van der Waals surface area contributed by atoms with E-state index in [0.29, 0.717) is 17.0 Å². The lowest BCUT2D eigenvalue weighted by Crippen LogP contribution is -2.31. The number of hydrogen-bond acceptors (Lipinski definition) is 7. The van der Waals surface area contributed by atoms with E-state index in [-0.39, 0.29) is 48.0 Å². The smallest absolute Gasteiger partial charge is 0.274 e. The number of ether oxygens (including phenoxy) is 1. The molecule has 3 rings (SSSR count). The van der Waals surface area contributed by atoms with Crippen molar-refractivity contribution in [2.75, 3.05) is 18.5 Å². The first-order chi connectivity index (χ1) is 18.8. The zero-order valence-corrected chi connectivity index (χ0v) is 22.9. The average Bonchev–Trinajstić information content (AvgIpc) is 3.26. The number of nitrogens with one attached hydrogen (secondary N) is 3. The Bertz CT molecular complexity index is 1450. The lowest BCUT2D eigenvalue weighted by molar-refractivity contribution is -0.122. The summed E-state index contributed by atoms with van der Waals surface area (Å²) in [4.78, 5) is 41.7. The molecule has 0 aliphatic rings. The number of nitrogens with zero attached hydrogens (tertiary/aromatic N) is 2. The van der Waals surface area contributed by atoms with Crippen LogP contribution < -0.4 is 20.7 Å². The fourth-order valence-corrected chi connectivity index (χ4v) is 3.57. The summed E-state index contributed by atoms with van der Waals surface area (Å²) in [6.07, 6.45) is 1.18. The van der Waals surface area contributed by atoms with E-state index in [1.807, 2.05) is 26.0 Å². The van der Waals surface area contributed by atoms with Gasteiger partial charge in [0.15, 0.2) is 12.3 Å². The Morgan fingerprint density at radius 1 is 1.05 bits per heavy atom. The van der Waals surface area contributed by atoms with Crippen molar-refractivity contribution < 1.29 is 32.4 Å². The van der Waals surface area contributed by atoms with Crippen molar-refractivity contribution in [1.82, 2.24) is 20.8 Å². The maximum absolute atomic E-state index is 13.6. The van der Waals surface area contributed by atoms with Gasteiger partial charge in [0, 0.05) is 37.3 Å². The predicted molar refractivity (Wildman–Crippen MR) is 143 cm³/mol. The number of carbonyl (C=O) groups excluding carboxylic acids is 3. The van der Waals surface area contributed by atoms with Gasteiger partial charge < -0.3 is 25.2 Å². The van der Waals surface area contributed by atoms with Gasteiger partial charge in [-0.3, -0.25) is 14.4 Å². The number of carbonyl (C=O) groups is 3. The topological polar surface area (TPSA) is 135 Å². The SMILES string of the molecule is C=C(CCNC(=O)c1noc(C)c1C(=O)Nc1ncc(C(C)(F)F)cc1C)NC(=O)COc1ccc(C)c(C)c1. The molecule has 212 valence electrons. The quantitative estimate of drug-likeness (QED) is 0.317. The third-order valence-electron chi connectivity index (χ3n) is 6.00. The second-order valence-electron chi connectivity index (χ2n) is 9.39. The Morgan fingerprint density at radius 3 is 2.42 bits per heavy atom. The van der Waals surface area contributed by atoms with Crippen LogP contribution in [0.3, 0.4) is 0 Å². The molecule has 0 bridgehead atoms. The van der Waals surface area contributed by atoms with E-state index in [1.54, 1.807) is 6.07 Å². The normalized spacial score (nSPS) is 11.1. The van der Waals surface area contributed by atoms with Crippen LogP contribution in [-0.2, 0) is 10.7 Å². The van der Waals surface area contributed by atoms with Crippen molar-refractivity contribution >= 4 is 23.5 Å². The van der Waals surface area contributed by atoms with Crippen LogP contribution in [0.5, 0.6) is 5.75 Å². The summed E-state index contributed by atoms with van der Waals surface area (Å²) in [5, 5.41) is 11.4. The molecule has 1 aromatic carbocycles. The minimum atomic E-state index is -3.08. The van der Waals surface area contributed by atoms with E-state index in [0.717, 1.165) is 24.2 Å². The van der Waals surface area contributed by atoms with Gasteiger partial charge in [0.1, 0.15) is 22.9 Å². The van der Waals surface area contributed by atoms with E-state index in [4.69, 9.17) is 9.26 Å².